The normalized spacial score (nSPS) is 14.5. The number of piperidine rings is 1. The molecule has 35 heavy (non-hydrogen) atoms. The lowest BCUT2D eigenvalue weighted by molar-refractivity contribution is 0.114. The SMILES string of the molecule is CCOc1cc(OC2CCN(C)CC2)ccc1Nc1ncc(Br)c(Nc2ccccc2SNC)n1. The van der Waals surface area contributed by atoms with Crippen LogP contribution in [0.4, 0.5) is 23.1 Å². The highest BCUT2D eigenvalue weighted by Gasteiger charge is 2.19. The van der Waals surface area contributed by atoms with Crippen LogP contribution in [0.15, 0.2) is 58.0 Å². The molecule has 3 aromatic rings. The predicted molar refractivity (Wildman–Crippen MR) is 146 cm³/mol. The number of halogens is 1. The number of para-hydroxylation sites is 1. The monoisotopic (exact) mass is 558 g/mol. The summed E-state index contributed by atoms with van der Waals surface area (Å²) in [6, 6.07) is 13.9. The Hall–Kier alpha value is -2.53. The summed E-state index contributed by atoms with van der Waals surface area (Å²) < 4.78 is 16.0. The predicted octanol–water partition coefficient (Wildman–Crippen LogP) is 5.82. The largest absolute Gasteiger partial charge is 0.492 e. The molecule has 0 radical (unpaired) electrons. The number of aromatic nitrogens is 2. The van der Waals surface area contributed by atoms with Crippen LogP contribution < -0.4 is 24.8 Å². The van der Waals surface area contributed by atoms with Gasteiger partial charge in [-0.25, -0.2) is 4.98 Å². The lowest BCUT2D eigenvalue weighted by Gasteiger charge is -2.29. The highest BCUT2D eigenvalue weighted by Crippen LogP contribution is 2.34. The smallest absolute Gasteiger partial charge is 0.229 e. The summed E-state index contributed by atoms with van der Waals surface area (Å²) in [6.07, 6.45) is 4.01. The number of benzene rings is 2. The van der Waals surface area contributed by atoms with Crippen LogP contribution in [-0.4, -0.2) is 54.8 Å². The Balaban J connectivity index is 1.51. The zero-order valence-electron chi connectivity index (χ0n) is 20.2. The van der Waals surface area contributed by atoms with E-state index in [9.17, 15) is 0 Å². The quantitative estimate of drug-likeness (QED) is 0.266. The van der Waals surface area contributed by atoms with Crippen LogP contribution in [-0.2, 0) is 0 Å². The van der Waals surface area contributed by atoms with Crippen LogP contribution in [0.1, 0.15) is 19.8 Å². The van der Waals surface area contributed by atoms with Crippen molar-refractivity contribution in [2.45, 2.75) is 30.8 Å². The van der Waals surface area contributed by atoms with Crippen molar-refractivity contribution in [2.75, 3.05) is 44.4 Å². The minimum atomic E-state index is 0.229. The maximum absolute atomic E-state index is 6.24. The van der Waals surface area contributed by atoms with Crippen molar-refractivity contribution in [3.63, 3.8) is 0 Å². The number of likely N-dealkylation sites (tertiary alicyclic amines) is 1. The molecule has 0 saturated carbocycles. The summed E-state index contributed by atoms with van der Waals surface area (Å²) in [5.74, 6) is 2.63. The molecule has 1 saturated heterocycles. The zero-order valence-corrected chi connectivity index (χ0v) is 22.6. The molecule has 0 amide bonds. The van der Waals surface area contributed by atoms with Gasteiger partial charge in [0, 0.05) is 30.2 Å². The van der Waals surface area contributed by atoms with Gasteiger partial charge in [0.15, 0.2) is 0 Å². The van der Waals surface area contributed by atoms with E-state index < -0.39 is 0 Å². The van der Waals surface area contributed by atoms with E-state index in [0.29, 0.717) is 24.1 Å². The molecule has 4 rings (SSSR count). The van der Waals surface area contributed by atoms with Gasteiger partial charge < -0.3 is 25.0 Å². The summed E-state index contributed by atoms with van der Waals surface area (Å²) in [4.78, 5) is 12.5. The lowest BCUT2D eigenvalue weighted by atomic mass is 10.1. The van der Waals surface area contributed by atoms with E-state index in [1.165, 1.54) is 11.9 Å². The Morgan fingerprint density at radius 1 is 1.11 bits per heavy atom. The Labute approximate surface area is 219 Å². The minimum Gasteiger partial charge on any atom is -0.492 e. The maximum Gasteiger partial charge on any atom is 0.229 e. The van der Waals surface area contributed by atoms with Crippen molar-refractivity contribution in [3.8, 4) is 11.5 Å². The summed E-state index contributed by atoms with van der Waals surface area (Å²) in [5.41, 5.74) is 1.73. The number of anilines is 4. The van der Waals surface area contributed by atoms with Gasteiger partial charge in [0.2, 0.25) is 5.95 Å². The van der Waals surface area contributed by atoms with Gasteiger partial charge in [0.05, 0.1) is 22.5 Å². The summed E-state index contributed by atoms with van der Waals surface area (Å²) >= 11 is 5.09. The van der Waals surface area contributed by atoms with Gasteiger partial charge in [0.25, 0.3) is 0 Å². The van der Waals surface area contributed by atoms with Crippen molar-refractivity contribution in [2.24, 2.45) is 0 Å². The third-order valence-corrected chi connectivity index (χ3v) is 6.92. The Bertz CT molecular complexity index is 1130. The molecule has 186 valence electrons. The molecule has 1 aliphatic heterocycles. The van der Waals surface area contributed by atoms with E-state index in [4.69, 9.17) is 9.47 Å². The molecular formula is C25H31BrN6O2S. The molecule has 8 nitrogen and oxygen atoms in total. The first-order valence-corrected chi connectivity index (χ1v) is 13.3. The summed E-state index contributed by atoms with van der Waals surface area (Å²) in [5, 5.41) is 6.70. The number of hydrogen-bond donors (Lipinski definition) is 3. The Morgan fingerprint density at radius 2 is 1.91 bits per heavy atom. The van der Waals surface area contributed by atoms with Gasteiger partial charge in [0.1, 0.15) is 23.4 Å². The lowest BCUT2D eigenvalue weighted by Crippen LogP contribution is -2.35. The second kappa shape index (κ2) is 12.4. The number of hydrogen-bond acceptors (Lipinski definition) is 9. The number of ether oxygens (including phenoxy) is 2. The first kappa shape index (κ1) is 25.6. The van der Waals surface area contributed by atoms with E-state index in [-0.39, 0.29) is 6.10 Å². The third kappa shape index (κ3) is 7.00. The van der Waals surface area contributed by atoms with Gasteiger partial charge in [-0.15, -0.1) is 0 Å². The molecule has 1 aliphatic rings. The Kier molecular flexibility index (Phi) is 9.08. The summed E-state index contributed by atoms with van der Waals surface area (Å²) in [7, 11) is 4.04. The van der Waals surface area contributed by atoms with Gasteiger partial charge in [-0.1, -0.05) is 12.1 Å². The molecule has 0 unspecified atom stereocenters. The molecule has 1 fully saturated rings. The van der Waals surface area contributed by atoms with Crippen molar-refractivity contribution in [1.82, 2.24) is 19.6 Å². The number of rotatable bonds is 10. The minimum absolute atomic E-state index is 0.229. The fourth-order valence-electron chi connectivity index (χ4n) is 3.78. The highest BCUT2D eigenvalue weighted by molar-refractivity contribution is 9.10. The van der Waals surface area contributed by atoms with E-state index in [2.05, 4.69) is 53.2 Å². The Morgan fingerprint density at radius 3 is 2.69 bits per heavy atom. The fraction of sp³-hybridized carbons (Fsp3) is 0.360. The molecule has 0 aliphatic carbocycles. The first-order valence-electron chi connectivity index (χ1n) is 11.7. The van der Waals surface area contributed by atoms with Crippen molar-refractivity contribution >= 4 is 51.0 Å². The van der Waals surface area contributed by atoms with Gasteiger partial charge in [-0.05, 0) is 86.0 Å². The van der Waals surface area contributed by atoms with Crippen LogP contribution in [0.25, 0.3) is 0 Å². The number of nitrogens with zero attached hydrogens (tertiary/aromatic N) is 3. The molecule has 0 atom stereocenters. The molecule has 2 heterocycles. The van der Waals surface area contributed by atoms with Crippen LogP contribution >= 0.6 is 27.9 Å². The fourth-order valence-corrected chi connectivity index (χ4v) is 4.67. The average molecular weight is 560 g/mol. The van der Waals surface area contributed by atoms with Gasteiger partial charge in [-0.3, -0.25) is 4.72 Å². The molecule has 10 heteroatoms. The molecule has 1 aromatic heterocycles. The van der Waals surface area contributed by atoms with Gasteiger partial charge >= 0.3 is 0 Å². The van der Waals surface area contributed by atoms with Crippen LogP contribution in [0.2, 0.25) is 0 Å². The van der Waals surface area contributed by atoms with Crippen molar-refractivity contribution in [3.05, 3.63) is 53.1 Å². The van der Waals surface area contributed by atoms with E-state index >= 15 is 0 Å². The van der Waals surface area contributed by atoms with Crippen LogP contribution in [0, 0.1) is 0 Å². The second-order valence-corrected chi connectivity index (χ2v) is 10.1. The third-order valence-electron chi connectivity index (χ3n) is 5.56. The van der Waals surface area contributed by atoms with Crippen LogP contribution in [0.3, 0.4) is 0 Å². The molecular weight excluding hydrogens is 528 g/mol. The van der Waals surface area contributed by atoms with Crippen molar-refractivity contribution in [1.29, 1.82) is 0 Å². The summed E-state index contributed by atoms with van der Waals surface area (Å²) in [6.45, 7) is 4.61. The molecule has 2 aromatic carbocycles. The maximum atomic E-state index is 6.24. The van der Waals surface area contributed by atoms with E-state index in [1.54, 1.807) is 6.20 Å². The second-order valence-electron chi connectivity index (χ2n) is 8.15. The highest BCUT2D eigenvalue weighted by atomic mass is 79.9. The van der Waals surface area contributed by atoms with Crippen LogP contribution in [0.5, 0.6) is 11.5 Å². The molecule has 0 bridgehead atoms. The zero-order chi connectivity index (χ0) is 24.6. The average Bonchev–Trinajstić information content (AvgIpc) is 2.86. The topological polar surface area (TPSA) is 83.6 Å². The molecule has 3 N–H and O–H groups in total. The molecule has 0 spiro atoms. The van der Waals surface area contributed by atoms with E-state index in [1.807, 2.05) is 56.4 Å². The first-order chi connectivity index (χ1) is 17.1. The standard InChI is InChI=1S/C25H31BrN6O2S/c1-4-33-22-15-18(34-17-11-13-32(3)14-12-17)9-10-20(22)30-25-28-16-19(26)24(31-25)29-21-7-5-6-8-23(21)35-27-2/h5-10,15-17,27H,4,11-14H2,1-3H3,(H2,28,29,30,31). The van der Waals surface area contributed by atoms with E-state index in [0.717, 1.165) is 52.4 Å². The number of nitrogens with one attached hydrogen (secondary N) is 3. The van der Waals surface area contributed by atoms with Crippen molar-refractivity contribution < 1.29 is 9.47 Å². The van der Waals surface area contributed by atoms with Gasteiger partial charge in [-0.2, -0.15) is 4.98 Å².